The second-order valence-electron chi connectivity index (χ2n) is 4.93. The van der Waals surface area contributed by atoms with Gasteiger partial charge in [0.2, 0.25) is 0 Å². The minimum absolute atomic E-state index is 0.152. The lowest BCUT2D eigenvalue weighted by Gasteiger charge is -2.22. The zero-order valence-corrected chi connectivity index (χ0v) is 12.5. The van der Waals surface area contributed by atoms with Crippen LogP contribution < -0.4 is 10.6 Å². The van der Waals surface area contributed by atoms with Crippen molar-refractivity contribution in [3.63, 3.8) is 0 Å². The Balaban J connectivity index is 2.09. The molecule has 0 atom stereocenters. The lowest BCUT2D eigenvalue weighted by molar-refractivity contribution is -0.383. The second kappa shape index (κ2) is 7.38. The van der Waals surface area contributed by atoms with Gasteiger partial charge in [0.25, 0.3) is 0 Å². The first kappa shape index (κ1) is 15.0. The zero-order chi connectivity index (χ0) is 14.4. The first-order valence-corrected chi connectivity index (χ1v) is 8.20. The molecule has 0 spiro atoms. The van der Waals surface area contributed by atoms with Crippen molar-refractivity contribution in [1.29, 1.82) is 0 Å². The van der Waals surface area contributed by atoms with Gasteiger partial charge in [0, 0.05) is 13.1 Å². The van der Waals surface area contributed by atoms with Crippen molar-refractivity contribution in [3.8, 4) is 0 Å². The summed E-state index contributed by atoms with van der Waals surface area (Å²) in [5, 5.41) is 17.6. The fourth-order valence-electron chi connectivity index (χ4n) is 2.42. The predicted octanol–water partition coefficient (Wildman–Crippen LogP) is 3.58. The minimum Gasteiger partial charge on any atom is -0.380 e. The molecular weight excluding hydrogens is 274 g/mol. The maximum Gasteiger partial charge on any atom is 0.315 e. The first-order valence-electron chi connectivity index (χ1n) is 7.05. The predicted molar refractivity (Wildman–Crippen MR) is 85.8 cm³/mol. The molecule has 1 fully saturated rings. The number of hydrogen-bond donors (Lipinski definition) is 2. The van der Waals surface area contributed by atoms with Crippen LogP contribution in [0.15, 0.2) is 18.2 Å². The maximum absolute atomic E-state index is 11.3. The molecule has 0 radical (unpaired) electrons. The van der Waals surface area contributed by atoms with Gasteiger partial charge in [-0.05, 0) is 49.3 Å². The van der Waals surface area contributed by atoms with Gasteiger partial charge in [0.05, 0.1) is 4.92 Å². The average Bonchev–Trinajstić information content (AvgIpc) is 2.46. The van der Waals surface area contributed by atoms with E-state index in [1.807, 2.05) is 24.8 Å². The highest BCUT2D eigenvalue weighted by Gasteiger charge is 2.20. The molecule has 6 heteroatoms. The molecule has 0 unspecified atom stereocenters. The van der Waals surface area contributed by atoms with Crippen molar-refractivity contribution < 1.29 is 4.92 Å². The van der Waals surface area contributed by atoms with E-state index >= 15 is 0 Å². The maximum atomic E-state index is 11.3. The fraction of sp³-hybridized carbons (Fsp3) is 0.571. The topological polar surface area (TPSA) is 67.2 Å². The van der Waals surface area contributed by atoms with Crippen LogP contribution in [-0.2, 0) is 0 Å². The number of nitrogens with zero attached hydrogens (tertiary/aromatic N) is 1. The summed E-state index contributed by atoms with van der Waals surface area (Å²) in [7, 11) is 0. The summed E-state index contributed by atoms with van der Waals surface area (Å²) in [4.78, 5) is 11.0. The molecule has 5 nitrogen and oxygen atoms in total. The molecule has 1 aromatic rings. The van der Waals surface area contributed by atoms with Gasteiger partial charge in [-0.3, -0.25) is 10.1 Å². The van der Waals surface area contributed by atoms with Gasteiger partial charge >= 0.3 is 5.69 Å². The van der Waals surface area contributed by atoms with Crippen LogP contribution in [0.4, 0.5) is 17.1 Å². The Labute approximate surface area is 123 Å². The van der Waals surface area contributed by atoms with E-state index in [0.29, 0.717) is 23.8 Å². The van der Waals surface area contributed by atoms with Crippen molar-refractivity contribution in [2.45, 2.75) is 19.8 Å². The van der Waals surface area contributed by atoms with E-state index in [2.05, 4.69) is 10.6 Å². The molecule has 20 heavy (non-hydrogen) atoms. The highest BCUT2D eigenvalue weighted by atomic mass is 32.2. The van der Waals surface area contributed by atoms with E-state index in [4.69, 9.17) is 0 Å². The van der Waals surface area contributed by atoms with Crippen LogP contribution in [-0.4, -0.2) is 29.5 Å². The number of hydrogen-bond acceptors (Lipinski definition) is 5. The summed E-state index contributed by atoms with van der Waals surface area (Å²) in [6.07, 6.45) is 2.39. The zero-order valence-electron chi connectivity index (χ0n) is 11.7. The number of anilines is 2. The van der Waals surface area contributed by atoms with Crippen molar-refractivity contribution in [1.82, 2.24) is 0 Å². The highest BCUT2D eigenvalue weighted by Crippen LogP contribution is 2.33. The number of benzene rings is 1. The average molecular weight is 295 g/mol. The van der Waals surface area contributed by atoms with Crippen LogP contribution in [0.5, 0.6) is 0 Å². The Morgan fingerprint density at radius 3 is 2.55 bits per heavy atom. The molecule has 0 aliphatic carbocycles. The van der Waals surface area contributed by atoms with Crippen LogP contribution in [0.3, 0.4) is 0 Å². The Morgan fingerprint density at radius 1 is 1.30 bits per heavy atom. The normalized spacial score (nSPS) is 15.8. The summed E-state index contributed by atoms with van der Waals surface area (Å²) < 4.78 is 0. The number of para-hydroxylation sites is 1. The molecule has 0 aromatic heterocycles. The largest absolute Gasteiger partial charge is 0.380 e. The molecule has 0 saturated carbocycles. The Bertz CT molecular complexity index is 462. The van der Waals surface area contributed by atoms with Crippen molar-refractivity contribution >= 4 is 28.8 Å². The first-order chi connectivity index (χ1) is 9.72. The molecule has 2 N–H and O–H groups in total. The van der Waals surface area contributed by atoms with Crippen molar-refractivity contribution in [2.24, 2.45) is 5.92 Å². The SMILES string of the molecule is CCNc1cccc(NCC2CCSCC2)c1[N+](=O)[O-]. The minimum atomic E-state index is -0.308. The number of nitrogens with one attached hydrogen (secondary N) is 2. The van der Waals surface area contributed by atoms with E-state index in [-0.39, 0.29) is 10.6 Å². The van der Waals surface area contributed by atoms with E-state index in [0.717, 1.165) is 6.54 Å². The molecule has 1 aliphatic rings. The highest BCUT2D eigenvalue weighted by molar-refractivity contribution is 7.99. The molecule has 1 saturated heterocycles. The van der Waals surface area contributed by atoms with Gasteiger partial charge in [0.1, 0.15) is 11.4 Å². The van der Waals surface area contributed by atoms with Crippen LogP contribution >= 0.6 is 11.8 Å². The number of thioether (sulfide) groups is 1. The lowest BCUT2D eigenvalue weighted by atomic mass is 10.0. The van der Waals surface area contributed by atoms with Gasteiger partial charge in [-0.1, -0.05) is 6.07 Å². The van der Waals surface area contributed by atoms with E-state index in [9.17, 15) is 10.1 Å². The van der Waals surface area contributed by atoms with E-state index in [1.54, 1.807) is 12.1 Å². The summed E-state index contributed by atoms with van der Waals surface area (Å²) in [5.41, 5.74) is 1.35. The van der Waals surface area contributed by atoms with Crippen LogP contribution in [0, 0.1) is 16.0 Å². The summed E-state index contributed by atoms with van der Waals surface area (Å²) >= 11 is 1.99. The van der Waals surface area contributed by atoms with Crippen LogP contribution in [0.2, 0.25) is 0 Å². The quantitative estimate of drug-likeness (QED) is 0.620. The Kier molecular flexibility index (Phi) is 5.52. The number of nitro benzene ring substituents is 1. The van der Waals surface area contributed by atoms with Gasteiger partial charge in [0.15, 0.2) is 0 Å². The lowest BCUT2D eigenvalue weighted by Crippen LogP contribution is -2.19. The van der Waals surface area contributed by atoms with E-state index < -0.39 is 0 Å². The monoisotopic (exact) mass is 295 g/mol. The standard InChI is InChI=1S/C14H21N3O2S/c1-2-15-12-4-3-5-13(14(12)17(18)19)16-10-11-6-8-20-9-7-11/h3-5,11,15-16H,2,6-10H2,1H3. The molecule has 2 rings (SSSR count). The van der Waals surface area contributed by atoms with Crippen LogP contribution in [0.25, 0.3) is 0 Å². The Morgan fingerprint density at radius 2 is 1.95 bits per heavy atom. The summed E-state index contributed by atoms with van der Waals surface area (Å²) in [6.45, 7) is 3.42. The van der Waals surface area contributed by atoms with Crippen molar-refractivity contribution in [3.05, 3.63) is 28.3 Å². The third kappa shape index (κ3) is 3.79. The summed E-state index contributed by atoms with van der Waals surface area (Å²) in [6, 6.07) is 5.39. The smallest absolute Gasteiger partial charge is 0.315 e. The van der Waals surface area contributed by atoms with Gasteiger partial charge in [-0.25, -0.2) is 0 Å². The summed E-state index contributed by atoms with van der Waals surface area (Å²) in [5.74, 6) is 3.02. The van der Waals surface area contributed by atoms with Crippen LogP contribution in [0.1, 0.15) is 19.8 Å². The third-order valence-corrected chi connectivity index (χ3v) is 4.56. The molecule has 0 bridgehead atoms. The van der Waals surface area contributed by atoms with Gasteiger partial charge in [-0.2, -0.15) is 11.8 Å². The number of nitro groups is 1. The molecule has 0 amide bonds. The molecular formula is C14H21N3O2S. The third-order valence-electron chi connectivity index (χ3n) is 3.51. The second-order valence-corrected chi connectivity index (χ2v) is 6.15. The van der Waals surface area contributed by atoms with Gasteiger partial charge < -0.3 is 10.6 Å². The molecule has 110 valence electrons. The molecule has 1 aromatic carbocycles. The van der Waals surface area contributed by atoms with E-state index in [1.165, 1.54) is 24.3 Å². The molecule has 1 aliphatic heterocycles. The van der Waals surface area contributed by atoms with Crippen molar-refractivity contribution in [2.75, 3.05) is 35.2 Å². The van der Waals surface area contributed by atoms with Gasteiger partial charge in [-0.15, -0.1) is 0 Å². The molecule has 1 heterocycles. The fourth-order valence-corrected chi connectivity index (χ4v) is 3.62. The Hall–Kier alpha value is -1.43. The number of rotatable bonds is 6.